The maximum atomic E-state index is 10.5. The van der Waals surface area contributed by atoms with Gasteiger partial charge in [-0.2, -0.15) is 0 Å². The highest BCUT2D eigenvalue weighted by Crippen LogP contribution is 2.36. The fraction of sp³-hybridized carbons (Fsp3) is 0.538. The van der Waals surface area contributed by atoms with Crippen LogP contribution in [0.25, 0.3) is 0 Å². The summed E-state index contributed by atoms with van der Waals surface area (Å²) in [5, 5.41) is 11.1. The Labute approximate surface area is 102 Å². The van der Waals surface area contributed by atoms with Gasteiger partial charge in [0.1, 0.15) is 5.75 Å². The quantitative estimate of drug-likeness (QED) is 0.874. The van der Waals surface area contributed by atoms with Gasteiger partial charge in [-0.05, 0) is 37.5 Å². The fourth-order valence-electron chi connectivity index (χ4n) is 2.01. The third kappa shape index (κ3) is 3.13. The number of ether oxygens (including phenoxy) is 1. The number of benzene rings is 1. The number of hydrogen-bond acceptors (Lipinski definition) is 2. The van der Waals surface area contributed by atoms with E-state index in [1.165, 1.54) is 0 Å². The van der Waals surface area contributed by atoms with Crippen molar-refractivity contribution >= 4 is 11.6 Å². The SMILES string of the molecule is COc1ccc(Cl)cc1C(C)(O)CC(C)C. The Morgan fingerprint density at radius 3 is 2.56 bits per heavy atom. The van der Waals surface area contributed by atoms with Crippen LogP contribution in [0.5, 0.6) is 5.75 Å². The van der Waals surface area contributed by atoms with E-state index in [9.17, 15) is 5.11 Å². The van der Waals surface area contributed by atoms with Crippen LogP contribution in [0.2, 0.25) is 5.02 Å². The van der Waals surface area contributed by atoms with Gasteiger partial charge in [0.2, 0.25) is 0 Å². The molecule has 1 N–H and O–H groups in total. The van der Waals surface area contributed by atoms with Crippen molar-refractivity contribution in [3.63, 3.8) is 0 Å². The van der Waals surface area contributed by atoms with Crippen LogP contribution in [0.3, 0.4) is 0 Å². The molecule has 0 saturated carbocycles. The van der Waals surface area contributed by atoms with Crippen molar-refractivity contribution in [2.45, 2.75) is 32.8 Å². The Kier molecular flexibility index (Phi) is 4.22. The van der Waals surface area contributed by atoms with Crippen molar-refractivity contribution in [2.75, 3.05) is 7.11 Å². The molecule has 0 spiro atoms. The summed E-state index contributed by atoms with van der Waals surface area (Å²) in [6.45, 7) is 5.94. The van der Waals surface area contributed by atoms with Gasteiger partial charge >= 0.3 is 0 Å². The van der Waals surface area contributed by atoms with E-state index in [0.717, 1.165) is 5.56 Å². The largest absolute Gasteiger partial charge is 0.496 e. The van der Waals surface area contributed by atoms with E-state index in [1.807, 2.05) is 0 Å². The second kappa shape index (κ2) is 5.07. The van der Waals surface area contributed by atoms with Crippen LogP contribution in [0, 0.1) is 5.92 Å². The van der Waals surface area contributed by atoms with E-state index in [2.05, 4.69) is 13.8 Å². The average Bonchev–Trinajstić information content (AvgIpc) is 2.15. The fourth-order valence-corrected chi connectivity index (χ4v) is 2.18. The summed E-state index contributed by atoms with van der Waals surface area (Å²) in [6.07, 6.45) is 0.670. The molecular formula is C13H19ClO2. The van der Waals surface area contributed by atoms with E-state index in [4.69, 9.17) is 16.3 Å². The third-order valence-corrected chi connectivity index (χ3v) is 2.78. The second-order valence-corrected chi connectivity index (χ2v) is 5.15. The van der Waals surface area contributed by atoms with Gasteiger partial charge in [0.25, 0.3) is 0 Å². The molecule has 1 rings (SSSR count). The van der Waals surface area contributed by atoms with E-state index in [-0.39, 0.29) is 0 Å². The van der Waals surface area contributed by atoms with Crippen molar-refractivity contribution in [2.24, 2.45) is 5.92 Å². The van der Waals surface area contributed by atoms with Crippen LogP contribution < -0.4 is 4.74 Å². The third-order valence-electron chi connectivity index (χ3n) is 2.55. The lowest BCUT2D eigenvalue weighted by atomic mass is 9.87. The van der Waals surface area contributed by atoms with E-state index in [0.29, 0.717) is 23.1 Å². The average molecular weight is 243 g/mol. The zero-order chi connectivity index (χ0) is 12.3. The molecular weight excluding hydrogens is 224 g/mol. The predicted molar refractivity (Wildman–Crippen MR) is 67.0 cm³/mol. The molecule has 1 aromatic carbocycles. The van der Waals surface area contributed by atoms with Crippen LogP contribution in [0.1, 0.15) is 32.8 Å². The highest BCUT2D eigenvalue weighted by Gasteiger charge is 2.27. The summed E-state index contributed by atoms with van der Waals surface area (Å²) in [5.41, 5.74) is -0.166. The minimum atomic E-state index is -0.912. The lowest BCUT2D eigenvalue weighted by Gasteiger charge is -2.27. The molecule has 0 aliphatic heterocycles. The van der Waals surface area contributed by atoms with Crippen LogP contribution in [-0.2, 0) is 5.60 Å². The van der Waals surface area contributed by atoms with Gasteiger partial charge in [0.15, 0.2) is 0 Å². The van der Waals surface area contributed by atoms with Gasteiger partial charge in [0.05, 0.1) is 12.7 Å². The Balaban J connectivity index is 3.14. The molecule has 0 aliphatic carbocycles. The minimum Gasteiger partial charge on any atom is -0.496 e. The van der Waals surface area contributed by atoms with Crippen LogP contribution >= 0.6 is 11.6 Å². The molecule has 0 radical (unpaired) electrons. The molecule has 3 heteroatoms. The molecule has 0 heterocycles. The summed E-state index contributed by atoms with van der Waals surface area (Å²) in [7, 11) is 1.60. The van der Waals surface area contributed by atoms with Crippen molar-refractivity contribution in [1.29, 1.82) is 0 Å². The molecule has 1 unspecified atom stereocenters. The van der Waals surface area contributed by atoms with Gasteiger partial charge in [-0.15, -0.1) is 0 Å². The number of hydrogen-bond donors (Lipinski definition) is 1. The molecule has 0 fully saturated rings. The smallest absolute Gasteiger partial charge is 0.125 e. The molecule has 0 aliphatic rings. The Hall–Kier alpha value is -0.730. The maximum Gasteiger partial charge on any atom is 0.125 e. The maximum absolute atomic E-state index is 10.5. The van der Waals surface area contributed by atoms with Gasteiger partial charge in [-0.3, -0.25) is 0 Å². The highest BCUT2D eigenvalue weighted by atomic mass is 35.5. The number of rotatable bonds is 4. The van der Waals surface area contributed by atoms with Crippen molar-refractivity contribution in [3.05, 3.63) is 28.8 Å². The Bertz CT molecular complexity index is 359. The van der Waals surface area contributed by atoms with Crippen molar-refractivity contribution in [1.82, 2.24) is 0 Å². The summed E-state index contributed by atoms with van der Waals surface area (Å²) in [4.78, 5) is 0. The van der Waals surface area contributed by atoms with Crippen LogP contribution in [-0.4, -0.2) is 12.2 Å². The summed E-state index contributed by atoms with van der Waals surface area (Å²) in [6, 6.07) is 5.31. The molecule has 2 nitrogen and oxygen atoms in total. The molecule has 16 heavy (non-hydrogen) atoms. The van der Waals surface area contributed by atoms with E-state index < -0.39 is 5.60 Å². The summed E-state index contributed by atoms with van der Waals surface area (Å²) in [5.74, 6) is 1.08. The number of methoxy groups -OCH3 is 1. The zero-order valence-electron chi connectivity index (χ0n) is 10.2. The topological polar surface area (TPSA) is 29.5 Å². The lowest BCUT2D eigenvalue weighted by molar-refractivity contribution is 0.0325. The normalized spacial score (nSPS) is 14.9. The first-order valence-corrected chi connectivity index (χ1v) is 5.81. The molecule has 1 atom stereocenters. The van der Waals surface area contributed by atoms with Gasteiger partial charge in [0, 0.05) is 10.6 Å². The molecule has 0 aromatic heterocycles. The standard InChI is InChI=1S/C13H19ClO2/c1-9(2)8-13(3,15)11-7-10(14)5-6-12(11)16-4/h5-7,9,15H,8H2,1-4H3. The summed E-state index contributed by atoms with van der Waals surface area (Å²) < 4.78 is 5.25. The first-order chi connectivity index (χ1) is 7.36. The first kappa shape index (κ1) is 13.3. The highest BCUT2D eigenvalue weighted by molar-refractivity contribution is 6.30. The Morgan fingerprint density at radius 2 is 2.06 bits per heavy atom. The van der Waals surface area contributed by atoms with Gasteiger partial charge in [-0.1, -0.05) is 25.4 Å². The minimum absolute atomic E-state index is 0.402. The van der Waals surface area contributed by atoms with E-state index >= 15 is 0 Å². The first-order valence-electron chi connectivity index (χ1n) is 5.43. The zero-order valence-corrected chi connectivity index (χ0v) is 11.0. The number of aliphatic hydroxyl groups is 1. The molecule has 0 bridgehead atoms. The van der Waals surface area contributed by atoms with E-state index in [1.54, 1.807) is 32.2 Å². The van der Waals surface area contributed by atoms with Crippen molar-refractivity contribution < 1.29 is 9.84 Å². The summed E-state index contributed by atoms with van der Waals surface area (Å²) >= 11 is 5.95. The van der Waals surface area contributed by atoms with Crippen molar-refractivity contribution in [3.8, 4) is 5.75 Å². The lowest BCUT2D eigenvalue weighted by Crippen LogP contribution is -2.24. The molecule has 1 aromatic rings. The molecule has 0 saturated heterocycles. The van der Waals surface area contributed by atoms with Gasteiger partial charge in [-0.25, -0.2) is 0 Å². The molecule has 90 valence electrons. The van der Waals surface area contributed by atoms with Crippen LogP contribution in [0.15, 0.2) is 18.2 Å². The Morgan fingerprint density at radius 1 is 1.44 bits per heavy atom. The second-order valence-electron chi connectivity index (χ2n) is 4.72. The predicted octanol–water partition coefficient (Wildman–Crippen LogP) is 3.60. The monoisotopic (exact) mass is 242 g/mol. The van der Waals surface area contributed by atoms with Gasteiger partial charge < -0.3 is 9.84 Å². The molecule has 0 amide bonds. The van der Waals surface area contributed by atoms with Crippen LogP contribution in [0.4, 0.5) is 0 Å². The number of halogens is 1.